The van der Waals surface area contributed by atoms with Gasteiger partial charge >= 0.3 is 0 Å². The van der Waals surface area contributed by atoms with Gasteiger partial charge < -0.3 is 14.8 Å². The van der Waals surface area contributed by atoms with Crippen LogP contribution >= 0.6 is 19.7 Å². The molecule has 2 rings (SSSR count). The van der Waals surface area contributed by atoms with E-state index in [1.807, 2.05) is 23.9 Å². The van der Waals surface area contributed by atoms with Gasteiger partial charge in [-0.05, 0) is 61.8 Å². The Morgan fingerprint density at radius 2 is 1.50 bits per heavy atom. The molecular formula is C19H26NO2PS. The second kappa shape index (κ2) is 10.6. The maximum atomic E-state index is 5.41. The molecule has 0 fully saturated rings. The third kappa shape index (κ3) is 5.70. The minimum atomic E-state index is -0.445. The van der Waals surface area contributed by atoms with Gasteiger partial charge in [0.05, 0.1) is 14.2 Å². The van der Waals surface area contributed by atoms with E-state index in [0.717, 1.165) is 36.5 Å². The molecule has 0 radical (unpaired) electrons. The standard InChI is InChI=1S/C19H26NO2PS/c1-21-16-6-4-8-18(14-16)23(12-10-20-11-13-24-3)19-9-5-7-17(15-19)22-2/h4-9,14-15,20H,10-13H2,1-3H3. The largest absolute Gasteiger partial charge is 0.497 e. The van der Waals surface area contributed by atoms with E-state index in [1.54, 1.807) is 14.2 Å². The Bertz CT molecular complexity index is 576. The molecule has 3 nitrogen and oxygen atoms in total. The zero-order valence-corrected chi connectivity index (χ0v) is 16.3. The van der Waals surface area contributed by atoms with E-state index in [4.69, 9.17) is 9.47 Å². The molecule has 0 aliphatic rings. The van der Waals surface area contributed by atoms with E-state index in [0.29, 0.717) is 0 Å². The van der Waals surface area contributed by atoms with Crippen molar-refractivity contribution in [3.05, 3.63) is 48.5 Å². The Balaban J connectivity index is 2.19. The summed E-state index contributed by atoms with van der Waals surface area (Å²) in [4.78, 5) is 0. The average Bonchev–Trinajstić information content (AvgIpc) is 2.64. The van der Waals surface area contributed by atoms with Gasteiger partial charge in [0.25, 0.3) is 0 Å². The molecule has 24 heavy (non-hydrogen) atoms. The van der Waals surface area contributed by atoms with Crippen molar-refractivity contribution in [1.29, 1.82) is 0 Å². The molecule has 0 amide bonds. The molecule has 0 saturated heterocycles. The molecule has 2 aromatic rings. The second-order valence-electron chi connectivity index (χ2n) is 5.30. The monoisotopic (exact) mass is 363 g/mol. The van der Waals surface area contributed by atoms with Crippen molar-refractivity contribution in [1.82, 2.24) is 5.32 Å². The minimum Gasteiger partial charge on any atom is -0.497 e. The van der Waals surface area contributed by atoms with Crippen molar-refractivity contribution in [2.45, 2.75) is 0 Å². The Kier molecular flexibility index (Phi) is 8.44. The number of nitrogens with one attached hydrogen (secondary N) is 1. The SMILES string of the molecule is COc1cccc(P(CCNCCSC)c2cccc(OC)c2)c1. The summed E-state index contributed by atoms with van der Waals surface area (Å²) in [6.45, 7) is 2.07. The number of ether oxygens (including phenoxy) is 2. The Morgan fingerprint density at radius 1 is 0.917 bits per heavy atom. The molecule has 0 aliphatic heterocycles. The van der Waals surface area contributed by atoms with E-state index >= 15 is 0 Å². The molecule has 0 aliphatic carbocycles. The maximum absolute atomic E-state index is 5.41. The number of methoxy groups -OCH3 is 2. The van der Waals surface area contributed by atoms with Gasteiger partial charge in [0.1, 0.15) is 11.5 Å². The minimum absolute atomic E-state index is 0.445. The van der Waals surface area contributed by atoms with Crippen LogP contribution in [0, 0.1) is 0 Å². The normalized spacial score (nSPS) is 10.8. The molecule has 0 atom stereocenters. The summed E-state index contributed by atoms with van der Waals surface area (Å²) in [7, 11) is 2.99. The lowest BCUT2D eigenvalue weighted by Gasteiger charge is -2.20. The van der Waals surface area contributed by atoms with Crippen molar-refractivity contribution in [3.8, 4) is 11.5 Å². The summed E-state index contributed by atoms with van der Waals surface area (Å²) in [5, 5.41) is 6.22. The molecule has 0 heterocycles. The van der Waals surface area contributed by atoms with E-state index in [9.17, 15) is 0 Å². The van der Waals surface area contributed by atoms with Crippen molar-refractivity contribution in [2.75, 3.05) is 45.5 Å². The van der Waals surface area contributed by atoms with Crippen LogP contribution in [0.4, 0.5) is 0 Å². The Morgan fingerprint density at radius 3 is 2.00 bits per heavy atom. The quantitative estimate of drug-likeness (QED) is 0.519. The predicted octanol–water partition coefficient (Wildman–Crippen LogP) is 3.09. The van der Waals surface area contributed by atoms with E-state index in [-0.39, 0.29) is 0 Å². The lowest BCUT2D eigenvalue weighted by Crippen LogP contribution is -2.24. The molecule has 0 saturated carbocycles. The summed E-state index contributed by atoms with van der Waals surface area (Å²) < 4.78 is 10.8. The predicted molar refractivity (Wildman–Crippen MR) is 108 cm³/mol. The van der Waals surface area contributed by atoms with Crippen molar-refractivity contribution in [2.24, 2.45) is 0 Å². The van der Waals surface area contributed by atoms with Crippen LogP contribution in [0.3, 0.4) is 0 Å². The summed E-state index contributed by atoms with van der Waals surface area (Å²) in [5.41, 5.74) is 0. The molecule has 0 bridgehead atoms. The Labute approximate surface area is 150 Å². The fourth-order valence-corrected chi connectivity index (χ4v) is 5.10. The first-order valence-electron chi connectivity index (χ1n) is 8.03. The first-order valence-corrected chi connectivity index (χ1v) is 11.0. The first-order chi connectivity index (χ1) is 11.8. The molecular weight excluding hydrogens is 337 g/mol. The van der Waals surface area contributed by atoms with E-state index < -0.39 is 7.92 Å². The number of hydrogen-bond acceptors (Lipinski definition) is 4. The van der Waals surface area contributed by atoms with E-state index in [1.165, 1.54) is 10.6 Å². The number of hydrogen-bond donors (Lipinski definition) is 1. The second-order valence-corrected chi connectivity index (χ2v) is 8.62. The van der Waals surface area contributed by atoms with Gasteiger partial charge in [0.15, 0.2) is 0 Å². The van der Waals surface area contributed by atoms with Crippen LogP contribution in [-0.4, -0.2) is 45.5 Å². The maximum Gasteiger partial charge on any atom is 0.119 e. The summed E-state index contributed by atoms with van der Waals surface area (Å²) in [5.74, 6) is 2.98. The van der Waals surface area contributed by atoms with Crippen molar-refractivity contribution < 1.29 is 9.47 Å². The van der Waals surface area contributed by atoms with Gasteiger partial charge in [0, 0.05) is 12.3 Å². The highest BCUT2D eigenvalue weighted by Crippen LogP contribution is 2.35. The zero-order valence-electron chi connectivity index (χ0n) is 14.6. The summed E-state index contributed by atoms with van der Waals surface area (Å²) in [6.07, 6.45) is 3.24. The van der Waals surface area contributed by atoms with Gasteiger partial charge in [-0.25, -0.2) is 0 Å². The van der Waals surface area contributed by atoms with Crippen LogP contribution in [0.15, 0.2) is 48.5 Å². The lowest BCUT2D eigenvalue weighted by atomic mass is 10.3. The van der Waals surface area contributed by atoms with Crippen LogP contribution in [0.1, 0.15) is 0 Å². The van der Waals surface area contributed by atoms with Crippen LogP contribution in [-0.2, 0) is 0 Å². The third-order valence-electron chi connectivity index (χ3n) is 3.73. The first kappa shape index (κ1) is 19.1. The topological polar surface area (TPSA) is 30.5 Å². The number of rotatable bonds is 10. The summed E-state index contributed by atoms with van der Waals surface area (Å²) >= 11 is 1.87. The molecule has 130 valence electrons. The van der Waals surface area contributed by atoms with Gasteiger partial charge in [-0.15, -0.1) is 0 Å². The highest BCUT2D eigenvalue weighted by molar-refractivity contribution is 7.98. The highest BCUT2D eigenvalue weighted by atomic mass is 32.2. The van der Waals surface area contributed by atoms with Gasteiger partial charge in [0.2, 0.25) is 0 Å². The van der Waals surface area contributed by atoms with Crippen molar-refractivity contribution in [3.63, 3.8) is 0 Å². The fraction of sp³-hybridized carbons (Fsp3) is 0.368. The fourth-order valence-electron chi connectivity index (χ4n) is 2.45. The molecule has 1 N–H and O–H groups in total. The van der Waals surface area contributed by atoms with Crippen LogP contribution in [0.25, 0.3) is 0 Å². The Hall–Kier alpha value is -1.22. The van der Waals surface area contributed by atoms with Gasteiger partial charge in [-0.2, -0.15) is 11.8 Å². The van der Waals surface area contributed by atoms with Crippen LogP contribution < -0.4 is 25.4 Å². The van der Waals surface area contributed by atoms with E-state index in [2.05, 4.69) is 48.0 Å². The molecule has 0 unspecified atom stereocenters. The third-order valence-corrected chi connectivity index (χ3v) is 6.81. The van der Waals surface area contributed by atoms with Gasteiger partial charge in [-0.3, -0.25) is 0 Å². The molecule has 0 aromatic heterocycles. The molecule has 2 aromatic carbocycles. The van der Waals surface area contributed by atoms with Crippen LogP contribution in [0.2, 0.25) is 0 Å². The smallest absolute Gasteiger partial charge is 0.119 e. The van der Waals surface area contributed by atoms with Gasteiger partial charge in [-0.1, -0.05) is 24.3 Å². The number of benzene rings is 2. The highest BCUT2D eigenvalue weighted by Gasteiger charge is 2.15. The molecule has 5 heteroatoms. The van der Waals surface area contributed by atoms with Crippen molar-refractivity contribution >= 4 is 30.3 Å². The summed E-state index contributed by atoms with van der Waals surface area (Å²) in [6, 6.07) is 16.9. The average molecular weight is 363 g/mol. The zero-order chi connectivity index (χ0) is 17.2. The molecule has 0 spiro atoms. The lowest BCUT2D eigenvalue weighted by molar-refractivity contribution is 0.415. The number of thioether (sulfide) groups is 1. The van der Waals surface area contributed by atoms with Crippen LogP contribution in [0.5, 0.6) is 11.5 Å².